The lowest BCUT2D eigenvalue weighted by atomic mass is 9.99. The van der Waals surface area contributed by atoms with E-state index in [0.717, 1.165) is 19.4 Å². The minimum absolute atomic E-state index is 0.0893. The van der Waals surface area contributed by atoms with E-state index < -0.39 is 10.0 Å². The van der Waals surface area contributed by atoms with Crippen LogP contribution in [0.2, 0.25) is 0 Å². The highest BCUT2D eigenvalue weighted by Gasteiger charge is 2.35. The molecule has 1 aromatic heterocycles. The third-order valence-corrected chi connectivity index (χ3v) is 4.24. The van der Waals surface area contributed by atoms with Gasteiger partial charge in [0.05, 0.1) is 6.26 Å². The van der Waals surface area contributed by atoms with Gasteiger partial charge in [0.25, 0.3) is 5.95 Å². The minimum Gasteiger partial charge on any atom is -0.337 e. The van der Waals surface area contributed by atoms with Crippen LogP contribution >= 0.6 is 0 Å². The Bertz CT molecular complexity index is 543. The first-order valence-electron chi connectivity index (χ1n) is 6.97. The van der Waals surface area contributed by atoms with E-state index in [-0.39, 0.29) is 12.0 Å². The molecule has 1 aromatic rings. The molecule has 114 valence electrons. The second kappa shape index (κ2) is 6.09. The Balaban J connectivity index is 2.10. The number of hydrogen-bond acceptors (Lipinski definition) is 6. The van der Waals surface area contributed by atoms with Gasteiger partial charge >= 0.3 is 0 Å². The topological polar surface area (TPSA) is 88.3 Å². The van der Waals surface area contributed by atoms with E-state index >= 15 is 0 Å². The fourth-order valence-corrected chi connectivity index (χ4v) is 3.44. The third kappa shape index (κ3) is 3.69. The molecule has 1 fully saturated rings. The van der Waals surface area contributed by atoms with E-state index in [4.69, 9.17) is 4.52 Å². The largest absolute Gasteiger partial charge is 0.337 e. The van der Waals surface area contributed by atoms with Crippen molar-refractivity contribution in [1.82, 2.24) is 14.9 Å². The monoisotopic (exact) mass is 302 g/mol. The summed E-state index contributed by atoms with van der Waals surface area (Å²) in [5.74, 6) is 1.44. The van der Waals surface area contributed by atoms with Crippen LogP contribution in [0.1, 0.15) is 32.6 Å². The van der Waals surface area contributed by atoms with Gasteiger partial charge in [-0.2, -0.15) is 4.98 Å². The van der Waals surface area contributed by atoms with Crippen LogP contribution < -0.4 is 9.62 Å². The van der Waals surface area contributed by atoms with Crippen LogP contribution in [0.15, 0.2) is 4.52 Å². The van der Waals surface area contributed by atoms with Crippen LogP contribution in [0.4, 0.5) is 5.95 Å². The fraction of sp³-hybridized carbons (Fsp3) is 0.833. The average Bonchev–Trinajstić information content (AvgIpc) is 2.95. The molecule has 2 heterocycles. The number of sulfonamides is 1. The van der Waals surface area contributed by atoms with Crippen molar-refractivity contribution >= 4 is 16.0 Å². The molecule has 1 N–H and O–H groups in total. The molecule has 0 spiro atoms. The molecule has 0 bridgehead atoms. The molecule has 0 aliphatic carbocycles. The Labute approximate surface area is 119 Å². The summed E-state index contributed by atoms with van der Waals surface area (Å²) in [5, 5.41) is 3.96. The van der Waals surface area contributed by atoms with Crippen LogP contribution in [0.3, 0.4) is 0 Å². The van der Waals surface area contributed by atoms with E-state index in [2.05, 4.69) is 21.8 Å². The Kier molecular flexibility index (Phi) is 4.64. The summed E-state index contributed by atoms with van der Waals surface area (Å²) in [6.07, 6.45) is 3.89. The lowest BCUT2D eigenvalue weighted by Crippen LogP contribution is -2.40. The summed E-state index contributed by atoms with van der Waals surface area (Å²) in [6.45, 7) is 5.39. The zero-order valence-electron chi connectivity index (χ0n) is 12.2. The maximum atomic E-state index is 11.5. The smallest absolute Gasteiger partial charge is 0.266 e. The molecule has 1 aliphatic rings. The molecular weight excluding hydrogens is 280 g/mol. The first-order chi connectivity index (χ1) is 9.43. The summed E-state index contributed by atoms with van der Waals surface area (Å²) in [6, 6.07) is -0.0893. The highest BCUT2D eigenvalue weighted by molar-refractivity contribution is 7.88. The van der Waals surface area contributed by atoms with Gasteiger partial charge in [-0.05, 0) is 17.5 Å². The van der Waals surface area contributed by atoms with E-state index in [1.54, 1.807) is 0 Å². The SMILES string of the molecule is CCC[C@@H]1CN(c2noc(CC)n2)C[C@H]1NS(C)(=O)=O. The molecule has 1 saturated heterocycles. The van der Waals surface area contributed by atoms with Crippen molar-refractivity contribution in [3.63, 3.8) is 0 Å². The van der Waals surface area contributed by atoms with Crippen molar-refractivity contribution in [2.75, 3.05) is 24.2 Å². The second-order valence-corrected chi connectivity index (χ2v) is 7.07. The quantitative estimate of drug-likeness (QED) is 0.835. The van der Waals surface area contributed by atoms with E-state index in [0.29, 0.717) is 24.8 Å². The van der Waals surface area contributed by atoms with Gasteiger partial charge in [-0.3, -0.25) is 0 Å². The zero-order valence-corrected chi connectivity index (χ0v) is 13.0. The summed E-state index contributed by atoms with van der Waals surface area (Å²) in [4.78, 5) is 6.30. The van der Waals surface area contributed by atoms with Gasteiger partial charge in [0.15, 0.2) is 0 Å². The number of aryl methyl sites for hydroxylation is 1. The number of rotatable bonds is 6. The van der Waals surface area contributed by atoms with Gasteiger partial charge in [0, 0.05) is 25.6 Å². The van der Waals surface area contributed by atoms with Crippen molar-refractivity contribution in [1.29, 1.82) is 0 Å². The molecule has 20 heavy (non-hydrogen) atoms. The van der Waals surface area contributed by atoms with Gasteiger partial charge in [-0.25, -0.2) is 13.1 Å². The van der Waals surface area contributed by atoms with E-state index in [9.17, 15) is 8.42 Å². The number of nitrogens with one attached hydrogen (secondary N) is 1. The van der Waals surface area contributed by atoms with E-state index in [1.165, 1.54) is 6.26 Å². The van der Waals surface area contributed by atoms with Crippen molar-refractivity contribution in [2.24, 2.45) is 5.92 Å². The van der Waals surface area contributed by atoms with Crippen molar-refractivity contribution in [2.45, 2.75) is 39.2 Å². The lowest BCUT2D eigenvalue weighted by molar-refractivity contribution is 0.381. The molecule has 7 nitrogen and oxygen atoms in total. The van der Waals surface area contributed by atoms with Crippen LogP contribution in [0.25, 0.3) is 0 Å². The lowest BCUT2D eigenvalue weighted by Gasteiger charge is -2.17. The molecule has 2 atom stereocenters. The number of aromatic nitrogens is 2. The molecule has 2 rings (SSSR count). The zero-order chi connectivity index (χ0) is 14.8. The van der Waals surface area contributed by atoms with Crippen LogP contribution in [-0.4, -0.2) is 43.9 Å². The summed E-state index contributed by atoms with van der Waals surface area (Å²) >= 11 is 0. The normalized spacial score (nSPS) is 23.4. The van der Waals surface area contributed by atoms with Gasteiger partial charge < -0.3 is 9.42 Å². The summed E-state index contributed by atoms with van der Waals surface area (Å²) in [7, 11) is -3.20. The molecule has 0 saturated carbocycles. The minimum atomic E-state index is -3.20. The maximum Gasteiger partial charge on any atom is 0.266 e. The fourth-order valence-electron chi connectivity index (χ4n) is 2.62. The molecule has 8 heteroatoms. The van der Waals surface area contributed by atoms with Gasteiger partial charge in [0.1, 0.15) is 0 Å². The number of anilines is 1. The van der Waals surface area contributed by atoms with Gasteiger partial charge in [0.2, 0.25) is 15.9 Å². The van der Waals surface area contributed by atoms with Gasteiger partial charge in [-0.1, -0.05) is 20.3 Å². The van der Waals surface area contributed by atoms with E-state index in [1.807, 2.05) is 11.8 Å². The summed E-state index contributed by atoms with van der Waals surface area (Å²) < 4.78 is 30.7. The molecule has 0 amide bonds. The molecule has 0 unspecified atom stereocenters. The second-order valence-electron chi connectivity index (χ2n) is 5.29. The molecule has 1 aliphatic heterocycles. The van der Waals surface area contributed by atoms with Crippen LogP contribution in [0, 0.1) is 5.92 Å². The Morgan fingerprint density at radius 3 is 2.70 bits per heavy atom. The van der Waals surface area contributed by atoms with Crippen molar-refractivity contribution < 1.29 is 12.9 Å². The Morgan fingerprint density at radius 2 is 2.15 bits per heavy atom. The standard InChI is InChI=1S/C12H22N4O3S/c1-4-6-9-7-16(8-10(9)15-20(3,17)18)12-13-11(5-2)19-14-12/h9-10,15H,4-8H2,1-3H3/t9-,10-/m1/s1. The number of nitrogens with zero attached hydrogens (tertiary/aromatic N) is 3. The molecule has 0 aromatic carbocycles. The van der Waals surface area contributed by atoms with Crippen molar-refractivity contribution in [3.05, 3.63) is 5.89 Å². The van der Waals surface area contributed by atoms with Gasteiger partial charge in [-0.15, -0.1) is 0 Å². The predicted molar refractivity (Wildman–Crippen MR) is 76.1 cm³/mol. The predicted octanol–water partition coefficient (Wildman–Crippen LogP) is 0.786. The number of hydrogen-bond donors (Lipinski definition) is 1. The highest BCUT2D eigenvalue weighted by atomic mass is 32.2. The molecule has 0 radical (unpaired) electrons. The van der Waals surface area contributed by atoms with Crippen LogP contribution in [-0.2, 0) is 16.4 Å². The summed E-state index contributed by atoms with van der Waals surface area (Å²) in [5.41, 5.74) is 0. The first kappa shape index (κ1) is 15.2. The third-order valence-electron chi connectivity index (χ3n) is 3.51. The maximum absolute atomic E-state index is 11.5. The Hall–Kier alpha value is -1.15. The Morgan fingerprint density at radius 1 is 1.40 bits per heavy atom. The highest BCUT2D eigenvalue weighted by Crippen LogP contribution is 2.25. The van der Waals surface area contributed by atoms with Crippen LogP contribution in [0.5, 0.6) is 0 Å². The average molecular weight is 302 g/mol. The van der Waals surface area contributed by atoms with Crippen molar-refractivity contribution in [3.8, 4) is 0 Å². The molecular formula is C12H22N4O3S. The first-order valence-corrected chi connectivity index (χ1v) is 8.87.